The van der Waals surface area contributed by atoms with Gasteiger partial charge in [-0.25, -0.2) is 0 Å². The number of hydrogen-bond donors (Lipinski definition) is 1. The Morgan fingerprint density at radius 1 is 1.26 bits per heavy atom. The molecule has 3 aliphatic rings. The number of ether oxygens (including phenoxy) is 1. The molecule has 0 amide bonds. The van der Waals surface area contributed by atoms with Crippen LogP contribution in [0.4, 0.5) is 0 Å². The summed E-state index contributed by atoms with van der Waals surface area (Å²) in [6.07, 6.45) is 8.14. The van der Waals surface area contributed by atoms with Crippen molar-refractivity contribution in [3.63, 3.8) is 0 Å². The molecule has 3 rings (SSSR count). The van der Waals surface area contributed by atoms with E-state index >= 15 is 0 Å². The van der Waals surface area contributed by atoms with Gasteiger partial charge in [0.2, 0.25) is 0 Å². The van der Waals surface area contributed by atoms with E-state index in [4.69, 9.17) is 4.74 Å². The summed E-state index contributed by atoms with van der Waals surface area (Å²) in [5.41, 5.74) is 2.15. The molecule has 1 N–H and O–H groups in total. The van der Waals surface area contributed by atoms with Gasteiger partial charge in [-0.15, -0.1) is 0 Å². The van der Waals surface area contributed by atoms with Gasteiger partial charge in [0.1, 0.15) is 0 Å². The van der Waals surface area contributed by atoms with E-state index in [1.54, 1.807) is 0 Å². The van der Waals surface area contributed by atoms with Gasteiger partial charge >= 0.3 is 0 Å². The second kappa shape index (κ2) is 4.33. The van der Waals surface area contributed by atoms with Crippen LogP contribution in [0.3, 0.4) is 0 Å². The highest BCUT2D eigenvalue weighted by Crippen LogP contribution is 2.63. The summed E-state index contributed by atoms with van der Waals surface area (Å²) in [4.78, 5) is 0. The molecule has 108 valence electrons. The molecule has 0 heterocycles. The lowest BCUT2D eigenvalue weighted by Gasteiger charge is -2.59. The van der Waals surface area contributed by atoms with Crippen LogP contribution < -0.4 is 0 Å². The first-order valence-electron chi connectivity index (χ1n) is 7.81. The maximum absolute atomic E-state index is 9.99. The zero-order valence-corrected chi connectivity index (χ0v) is 12.8. The van der Waals surface area contributed by atoms with Gasteiger partial charge in [0, 0.05) is 7.11 Å². The van der Waals surface area contributed by atoms with Crippen molar-refractivity contribution in [2.75, 3.05) is 7.11 Å². The molecular formula is C17H28O2. The van der Waals surface area contributed by atoms with Crippen LogP contribution in [0.25, 0.3) is 0 Å². The lowest BCUT2D eigenvalue weighted by molar-refractivity contribution is -0.137. The number of aliphatic hydroxyl groups is 1. The molecule has 0 saturated heterocycles. The normalized spacial score (nSPS) is 48.4. The van der Waals surface area contributed by atoms with Gasteiger partial charge in [-0.1, -0.05) is 32.4 Å². The zero-order chi connectivity index (χ0) is 13.8. The Balaban J connectivity index is 1.94. The van der Waals surface area contributed by atoms with Gasteiger partial charge in [0.15, 0.2) is 0 Å². The van der Waals surface area contributed by atoms with Gasteiger partial charge in [-0.05, 0) is 54.8 Å². The Kier molecular flexibility index (Phi) is 3.10. The summed E-state index contributed by atoms with van der Waals surface area (Å²) in [5, 5.41) is 9.99. The number of fused-ring (bicyclic) bond motifs is 3. The van der Waals surface area contributed by atoms with Crippen molar-refractivity contribution in [2.24, 2.45) is 22.7 Å². The third kappa shape index (κ3) is 1.83. The molecule has 5 atom stereocenters. The Bertz CT molecular complexity index is 398. The lowest BCUT2D eigenvalue weighted by Crippen LogP contribution is -2.54. The van der Waals surface area contributed by atoms with Crippen molar-refractivity contribution >= 4 is 0 Å². The van der Waals surface area contributed by atoms with Crippen LogP contribution in [0.15, 0.2) is 11.6 Å². The average molecular weight is 264 g/mol. The smallest absolute Gasteiger partial charge is 0.0729 e. The van der Waals surface area contributed by atoms with E-state index in [0.717, 1.165) is 12.8 Å². The fraction of sp³-hybridized carbons (Fsp3) is 0.882. The molecule has 2 fully saturated rings. The first-order chi connectivity index (χ1) is 8.89. The fourth-order valence-corrected chi connectivity index (χ4v) is 5.69. The Hall–Kier alpha value is -0.340. The van der Waals surface area contributed by atoms with Crippen molar-refractivity contribution in [1.82, 2.24) is 0 Å². The fourth-order valence-electron chi connectivity index (χ4n) is 5.69. The van der Waals surface area contributed by atoms with Crippen LogP contribution in [0.1, 0.15) is 52.9 Å². The van der Waals surface area contributed by atoms with E-state index in [9.17, 15) is 5.11 Å². The highest BCUT2D eigenvalue weighted by molar-refractivity contribution is 5.25. The van der Waals surface area contributed by atoms with E-state index in [-0.39, 0.29) is 11.5 Å². The minimum absolute atomic E-state index is 0.196. The van der Waals surface area contributed by atoms with Gasteiger partial charge in [-0.2, -0.15) is 0 Å². The highest BCUT2D eigenvalue weighted by atomic mass is 16.5. The maximum atomic E-state index is 9.99. The van der Waals surface area contributed by atoms with Gasteiger partial charge in [0.05, 0.1) is 12.2 Å². The van der Waals surface area contributed by atoms with Crippen LogP contribution in [0.5, 0.6) is 0 Å². The van der Waals surface area contributed by atoms with Crippen molar-refractivity contribution in [3.8, 4) is 0 Å². The van der Waals surface area contributed by atoms with Gasteiger partial charge < -0.3 is 9.84 Å². The van der Waals surface area contributed by atoms with E-state index in [0.29, 0.717) is 23.4 Å². The van der Waals surface area contributed by atoms with Crippen LogP contribution in [-0.4, -0.2) is 24.4 Å². The van der Waals surface area contributed by atoms with Crippen LogP contribution >= 0.6 is 0 Å². The van der Waals surface area contributed by atoms with Crippen LogP contribution in [-0.2, 0) is 4.74 Å². The predicted octanol–water partition coefficient (Wildman–Crippen LogP) is 3.54. The van der Waals surface area contributed by atoms with Crippen molar-refractivity contribution in [3.05, 3.63) is 11.6 Å². The quantitative estimate of drug-likeness (QED) is 0.734. The molecule has 0 bridgehead atoms. The second-order valence-corrected chi connectivity index (χ2v) is 7.78. The van der Waals surface area contributed by atoms with Crippen molar-refractivity contribution in [2.45, 2.75) is 65.1 Å². The molecule has 0 aromatic heterocycles. The summed E-state index contributed by atoms with van der Waals surface area (Å²) in [5.74, 6) is 1.32. The molecule has 0 aromatic rings. The summed E-state index contributed by atoms with van der Waals surface area (Å²) < 4.78 is 5.77. The third-order valence-corrected chi connectivity index (χ3v) is 6.60. The summed E-state index contributed by atoms with van der Waals surface area (Å²) in [7, 11) is 1.86. The van der Waals surface area contributed by atoms with Crippen LogP contribution in [0, 0.1) is 22.7 Å². The number of hydrogen-bond acceptors (Lipinski definition) is 2. The molecule has 3 aliphatic carbocycles. The standard InChI is InChI=1S/C17H28O2/c1-16(2)14-6-5-11-9-12(18)10-13(11)17(14,3)8-7-15(16)19-4/h9,12-15,18H,5-8,10H2,1-4H3/t12-,13-,14+,15+,17-/m1/s1. The maximum Gasteiger partial charge on any atom is 0.0729 e. The topological polar surface area (TPSA) is 29.5 Å². The Morgan fingerprint density at radius 3 is 2.68 bits per heavy atom. The minimum Gasteiger partial charge on any atom is -0.389 e. The predicted molar refractivity (Wildman–Crippen MR) is 76.8 cm³/mol. The Labute approximate surface area is 117 Å². The largest absolute Gasteiger partial charge is 0.389 e. The SMILES string of the molecule is CO[C@H]1CC[C@]2(C)[C@@H]3C[C@H](O)C=C3CC[C@H]2C1(C)C. The van der Waals surface area contributed by atoms with Crippen molar-refractivity contribution < 1.29 is 9.84 Å². The molecule has 2 saturated carbocycles. The number of methoxy groups -OCH3 is 1. The molecule has 19 heavy (non-hydrogen) atoms. The molecule has 2 nitrogen and oxygen atoms in total. The van der Waals surface area contributed by atoms with Crippen molar-refractivity contribution in [1.29, 1.82) is 0 Å². The monoisotopic (exact) mass is 264 g/mol. The summed E-state index contributed by atoms with van der Waals surface area (Å²) >= 11 is 0. The number of aliphatic hydroxyl groups excluding tert-OH is 1. The van der Waals surface area contributed by atoms with E-state index < -0.39 is 0 Å². The zero-order valence-electron chi connectivity index (χ0n) is 12.8. The molecule has 2 heteroatoms. The van der Waals surface area contributed by atoms with Gasteiger partial charge in [-0.3, -0.25) is 0 Å². The molecular weight excluding hydrogens is 236 g/mol. The van der Waals surface area contributed by atoms with Gasteiger partial charge in [0.25, 0.3) is 0 Å². The molecule has 0 aromatic carbocycles. The molecule has 0 unspecified atom stereocenters. The van der Waals surface area contributed by atoms with E-state index in [2.05, 4.69) is 26.8 Å². The Morgan fingerprint density at radius 2 is 2.00 bits per heavy atom. The first-order valence-corrected chi connectivity index (χ1v) is 7.81. The highest BCUT2D eigenvalue weighted by Gasteiger charge is 2.57. The molecule has 0 spiro atoms. The summed E-state index contributed by atoms with van der Waals surface area (Å²) in [6.45, 7) is 7.26. The second-order valence-electron chi connectivity index (χ2n) is 7.78. The van der Waals surface area contributed by atoms with Crippen LogP contribution in [0.2, 0.25) is 0 Å². The first kappa shape index (κ1) is 13.6. The number of rotatable bonds is 1. The van der Waals surface area contributed by atoms with E-state index in [1.807, 2.05) is 7.11 Å². The molecule has 0 radical (unpaired) electrons. The summed E-state index contributed by atoms with van der Waals surface area (Å²) in [6, 6.07) is 0. The number of allylic oxidation sites excluding steroid dienone is 1. The molecule has 0 aliphatic heterocycles. The minimum atomic E-state index is -0.196. The average Bonchev–Trinajstić information content (AvgIpc) is 2.71. The lowest BCUT2D eigenvalue weighted by atomic mass is 9.47. The van der Waals surface area contributed by atoms with E-state index in [1.165, 1.54) is 24.8 Å². The third-order valence-electron chi connectivity index (χ3n) is 6.60.